The van der Waals surface area contributed by atoms with E-state index in [-0.39, 0.29) is 12.5 Å². The molecule has 2 aromatic heterocycles. The number of carbonyl (C=O) groups excluding carboxylic acids is 1. The Kier molecular flexibility index (Phi) is 3.17. The Morgan fingerprint density at radius 2 is 2.41 bits per heavy atom. The Hall–Kier alpha value is -1.40. The lowest BCUT2D eigenvalue weighted by Crippen LogP contribution is -2.29. The number of hydrogen-bond donors (Lipinski definition) is 2. The Morgan fingerprint density at radius 3 is 3.00 bits per heavy atom. The summed E-state index contributed by atoms with van der Waals surface area (Å²) in [4.78, 5) is 13.4. The summed E-state index contributed by atoms with van der Waals surface area (Å²) in [6.45, 7) is 3.83. The van der Waals surface area contributed by atoms with Gasteiger partial charge in [0.05, 0.1) is 16.7 Å². The molecule has 2 aromatic rings. The number of hydrogen-bond acceptors (Lipinski definition) is 4. The van der Waals surface area contributed by atoms with E-state index in [4.69, 9.17) is 5.11 Å². The summed E-state index contributed by atoms with van der Waals surface area (Å²) < 4.78 is 1.78. The molecule has 17 heavy (non-hydrogen) atoms. The minimum absolute atomic E-state index is 0.147. The molecule has 0 radical (unpaired) electrons. The molecule has 92 valence electrons. The first-order valence-corrected chi connectivity index (χ1v) is 6.20. The maximum atomic E-state index is 11.8. The number of rotatable bonds is 3. The van der Waals surface area contributed by atoms with Gasteiger partial charge in [-0.3, -0.25) is 9.48 Å². The highest BCUT2D eigenvalue weighted by Gasteiger charge is 2.14. The van der Waals surface area contributed by atoms with E-state index < -0.39 is 6.10 Å². The van der Waals surface area contributed by atoms with Crippen molar-refractivity contribution in [2.45, 2.75) is 20.0 Å². The first kappa shape index (κ1) is 12.1. The van der Waals surface area contributed by atoms with Crippen LogP contribution in [0.15, 0.2) is 6.07 Å². The number of amides is 1. The standard InChI is InChI=1S/C11H15N3O2S/c1-6(15)5-12-10(16)9-4-8-7(2)13-14(3)11(8)17-9/h4,6,15H,5H2,1-3H3,(H,12,16)/t6-/m1/s1. The maximum Gasteiger partial charge on any atom is 0.261 e. The summed E-state index contributed by atoms with van der Waals surface area (Å²) in [5, 5.41) is 17.1. The Morgan fingerprint density at radius 1 is 1.71 bits per heavy atom. The Balaban J connectivity index is 2.24. The molecule has 2 heterocycles. The second-order valence-corrected chi connectivity index (χ2v) is 5.13. The van der Waals surface area contributed by atoms with Crippen molar-refractivity contribution >= 4 is 27.5 Å². The van der Waals surface area contributed by atoms with Gasteiger partial charge in [-0.2, -0.15) is 5.10 Å². The van der Waals surface area contributed by atoms with Crippen LogP contribution in [0.3, 0.4) is 0 Å². The first-order chi connectivity index (χ1) is 7.99. The molecule has 0 saturated heterocycles. The van der Waals surface area contributed by atoms with Gasteiger partial charge in [0.15, 0.2) is 0 Å². The number of nitrogens with one attached hydrogen (secondary N) is 1. The van der Waals surface area contributed by atoms with E-state index in [1.54, 1.807) is 11.6 Å². The van der Waals surface area contributed by atoms with Crippen molar-refractivity contribution < 1.29 is 9.90 Å². The average Bonchev–Trinajstić information content (AvgIpc) is 2.79. The molecular formula is C11H15N3O2S. The van der Waals surface area contributed by atoms with Gasteiger partial charge in [-0.25, -0.2) is 0 Å². The fraction of sp³-hybridized carbons (Fsp3) is 0.455. The monoisotopic (exact) mass is 253 g/mol. The van der Waals surface area contributed by atoms with E-state index in [9.17, 15) is 4.79 Å². The normalized spacial score (nSPS) is 12.9. The summed E-state index contributed by atoms with van der Waals surface area (Å²) >= 11 is 1.41. The van der Waals surface area contributed by atoms with Crippen LogP contribution in [0.1, 0.15) is 22.3 Å². The molecule has 2 N–H and O–H groups in total. The van der Waals surface area contributed by atoms with Gasteiger partial charge in [0, 0.05) is 19.0 Å². The van der Waals surface area contributed by atoms with E-state index in [1.807, 2.05) is 20.0 Å². The van der Waals surface area contributed by atoms with Crippen LogP contribution in [0.5, 0.6) is 0 Å². The molecule has 1 amide bonds. The molecule has 0 aliphatic rings. The summed E-state index contributed by atoms with van der Waals surface area (Å²) in [5.41, 5.74) is 0.924. The SMILES string of the molecule is Cc1nn(C)c2sc(C(=O)NC[C@@H](C)O)cc12. The smallest absolute Gasteiger partial charge is 0.261 e. The van der Waals surface area contributed by atoms with Crippen LogP contribution in [0.4, 0.5) is 0 Å². The fourth-order valence-electron chi connectivity index (χ4n) is 1.64. The number of thiophene rings is 1. The number of aromatic nitrogens is 2. The van der Waals surface area contributed by atoms with E-state index >= 15 is 0 Å². The van der Waals surface area contributed by atoms with Gasteiger partial charge in [0.1, 0.15) is 4.83 Å². The highest BCUT2D eigenvalue weighted by Crippen LogP contribution is 2.27. The molecular weight excluding hydrogens is 238 g/mol. The molecule has 0 aliphatic carbocycles. The molecule has 0 fully saturated rings. The lowest BCUT2D eigenvalue weighted by atomic mass is 10.3. The molecule has 2 rings (SSSR count). The lowest BCUT2D eigenvalue weighted by molar-refractivity contribution is 0.0928. The van der Waals surface area contributed by atoms with Crippen LogP contribution in [-0.4, -0.2) is 33.4 Å². The van der Waals surface area contributed by atoms with Crippen molar-refractivity contribution in [3.05, 3.63) is 16.6 Å². The van der Waals surface area contributed by atoms with Gasteiger partial charge in [0.2, 0.25) is 0 Å². The Labute approximate surface area is 103 Å². The maximum absolute atomic E-state index is 11.8. The van der Waals surface area contributed by atoms with Gasteiger partial charge >= 0.3 is 0 Å². The largest absolute Gasteiger partial charge is 0.392 e. The molecule has 0 spiro atoms. The third-order valence-corrected chi connectivity index (χ3v) is 3.68. The third kappa shape index (κ3) is 2.32. The Bertz CT molecular complexity index is 522. The third-order valence-electron chi connectivity index (χ3n) is 2.48. The predicted octanol–water partition coefficient (Wildman–Crippen LogP) is 1.05. The number of aryl methyl sites for hydroxylation is 2. The minimum atomic E-state index is -0.531. The molecule has 0 aromatic carbocycles. The topological polar surface area (TPSA) is 67.2 Å². The van der Waals surface area contributed by atoms with E-state index in [1.165, 1.54) is 11.3 Å². The predicted molar refractivity (Wildman–Crippen MR) is 67.3 cm³/mol. The molecule has 0 aliphatic heterocycles. The van der Waals surface area contributed by atoms with Crippen LogP contribution < -0.4 is 5.32 Å². The minimum Gasteiger partial charge on any atom is -0.392 e. The highest BCUT2D eigenvalue weighted by atomic mass is 32.1. The molecule has 0 unspecified atom stereocenters. The van der Waals surface area contributed by atoms with Crippen LogP contribution in [0, 0.1) is 6.92 Å². The molecule has 6 heteroatoms. The lowest BCUT2D eigenvalue weighted by Gasteiger charge is -2.04. The summed E-state index contributed by atoms with van der Waals surface area (Å²) in [6.07, 6.45) is -0.531. The quantitative estimate of drug-likeness (QED) is 0.859. The fourth-order valence-corrected chi connectivity index (χ4v) is 2.68. The second-order valence-electron chi connectivity index (χ2n) is 4.10. The van der Waals surface area contributed by atoms with Crippen LogP contribution in [0.2, 0.25) is 0 Å². The number of fused-ring (bicyclic) bond motifs is 1. The number of aliphatic hydroxyl groups is 1. The number of aliphatic hydroxyl groups excluding tert-OH is 1. The van der Waals surface area contributed by atoms with E-state index in [0.29, 0.717) is 4.88 Å². The van der Waals surface area contributed by atoms with E-state index in [2.05, 4.69) is 10.4 Å². The molecule has 5 nitrogen and oxygen atoms in total. The molecule has 0 saturated carbocycles. The zero-order valence-electron chi connectivity index (χ0n) is 10.0. The summed E-state index contributed by atoms with van der Waals surface area (Å²) in [6, 6.07) is 1.85. The van der Waals surface area contributed by atoms with Crippen LogP contribution >= 0.6 is 11.3 Å². The summed E-state index contributed by atoms with van der Waals surface area (Å²) in [5.74, 6) is -0.147. The first-order valence-electron chi connectivity index (χ1n) is 5.38. The number of carbonyl (C=O) groups is 1. The van der Waals surface area contributed by atoms with Gasteiger partial charge < -0.3 is 10.4 Å². The molecule has 0 bridgehead atoms. The molecule has 1 atom stereocenters. The van der Waals surface area contributed by atoms with Crippen molar-refractivity contribution in [3.63, 3.8) is 0 Å². The average molecular weight is 253 g/mol. The van der Waals surface area contributed by atoms with Gasteiger partial charge in [0.25, 0.3) is 5.91 Å². The van der Waals surface area contributed by atoms with Crippen molar-refractivity contribution in [2.24, 2.45) is 7.05 Å². The highest BCUT2D eigenvalue weighted by molar-refractivity contribution is 7.20. The van der Waals surface area contributed by atoms with Crippen molar-refractivity contribution in [1.29, 1.82) is 0 Å². The zero-order valence-corrected chi connectivity index (χ0v) is 10.8. The van der Waals surface area contributed by atoms with Gasteiger partial charge in [-0.15, -0.1) is 11.3 Å². The van der Waals surface area contributed by atoms with Crippen LogP contribution in [-0.2, 0) is 7.05 Å². The zero-order chi connectivity index (χ0) is 12.6. The van der Waals surface area contributed by atoms with Gasteiger partial charge in [-0.05, 0) is 19.9 Å². The van der Waals surface area contributed by atoms with Crippen molar-refractivity contribution in [3.8, 4) is 0 Å². The van der Waals surface area contributed by atoms with Crippen molar-refractivity contribution in [1.82, 2.24) is 15.1 Å². The second kappa shape index (κ2) is 4.46. The number of nitrogens with zero attached hydrogens (tertiary/aromatic N) is 2. The van der Waals surface area contributed by atoms with Crippen LogP contribution in [0.25, 0.3) is 10.2 Å². The van der Waals surface area contributed by atoms with E-state index in [0.717, 1.165) is 15.9 Å². The van der Waals surface area contributed by atoms with Crippen molar-refractivity contribution in [2.75, 3.05) is 6.54 Å². The van der Waals surface area contributed by atoms with Gasteiger partial charge in [-0.1, -0.05) is 0 Å². The summed E-state index contributed by atoms with van der Waals surface area (Å²) in [7, 11) is 1.86.